The minimum Gasteiger partial charge on any atom is -0.497 e. The lowest BCUT2D eigenvalue weighted by molar-refractivity contribution is 0.0935. The third kappa shape index (κ3) is 4.75. The summed E-state index contributed by atoms with van der Waals surface area (Å²) in [5, 5.41) is 13.7. The molecule has 0 unspecified atom stereocenters. The van der Waals surface area contributed by atoms with Gasteiger partial charge in [-0.25, -0.2) is 0 Å². The van der Waals surface area contributed by atoms with Crippen LogP contribution in [0.2, 0.25) is 0 Å². The molecule has 1 fully saturated rings. The van der Waals surface area contributed by atoms with Gasteiger partial charge in [0.2, 0.25) is 0 Å². The van der Waals surface area contributed by atoms with E-state index >= 15 is 0 Å². The zero-order valence-corrected chi connectivity index (χ0v) is 20.0. The molecule has 1 aromatic heterocycles. The Morgan fingerprint density at radius 1 is 0.857 bits per heavy atom. The van der Waals surface area contributed by atoms with Gasteiger partial charge in [-0.05, 0) is 24.6 Å². The molecule has 1 aliphatic heterocycles. The van der Waals surface area contributed by atoms with Crippen molar-refractivity contribution in [1.82, 2.24) is 15.5 Å². The number of hydrogen-bond acceptors (Lipinski definition) is 6. The van der Waals surface area contributed by atoms with Gasteiger partial charge in [-0.15, -0.1) is 10.2 Å². The number of benzene rings is 3. The van der Waals surface area contributed by atoms with Crippen molar-refractivity contribution < 1.29 is 9.53 Å². The predicted octanol–water partition coefficient (Wildman–Crippen LogP) is 4.46. The summed E-state index contributed by atoms with van der Waals surface area (Å²) in [4.78, 5) is 17.7. The summed E-state index contributed by atoms with van der Waals surface area (Å²) in [6.45, 7) is 5.32. The maximum atomic E-state index is 13.1. The molecule has 3 aromatic carbocycles. The maximum absolute atomic E-state index is 13.1. The molecule has 5 rings (SSSR count). The third-order valence-electron chi connectivity index (χ3n) is 6.53. The number of piperazine rings is 1. The number of rotatable bonds is 6. The van der Waals surface area contributed by atoms with E-state index in [1.165, 1.54) is 0 Å². The highest BCUT2D eigenvalue weighted by Crippen LogP contribution is 2.28. The molecule has 0 radical (unpaired) electrons. The Morgan fingerprint density at radius 2 is 1.54 bits per heavy atom. The van der Waals surface area contributed by atoms with Crippen molar-refractivity contribution in [2.75, 3.05) is 43.1 Å². The molecule has 0 aliphatic carbocycles. The average Bonchev–Trinajstić information content (AvgIpc) is 2.93. The summed E-state index contributed by atoms with van der Waals surface area (Å²) < 4.78 is 5.38. The lowest BCUT2D eigenvalue weighted by atomic mass is 10.1. The van der Waals surface area contributed by atoms with Crippen LogP contribution in [0.4, 0.5) is 11.5 Å². The van der Waals surface area contributed by atoms with Crippen LogP contribution in [-0.2, 0) is 0 Å². The number of carbonyl (C=O) groups is 1. The normalized spacial score (nSPS) is 14.6. The molecule has 0 saturated carbocycles. The van der Waals surface area contributed by atoms with E-state index in [0.29, 0.717) is 5.69 Å². The van der Waals surface area contributed by atoms with E-state index in [2.05, 4.69) is 37.4 Å². The molecule has 1 amide bonds. The molecule has 4 aromatic rings. The zero-order valence-electron chi connectivity index (χ0n) is 20.0. The fraction of sp³-hybridized carbons (Fsp3) is 0.250. The summed E-state index contributed by atoms with van der Waals surface area (Å²) >= 11 is 0. The molecule has 178 valence electrons. The number of aromatic nitrogens is 2. The van der Waals surface area contributed by atoms with Gasteiger partial charge >= 0.3 is 0 Å². The summed E-state index contributed by atoms with van der Waals surface area (Å²) in [7, 11) is 1.69. The summed E-state index contributed by atoms with van der Waals surface area (Å²) in [6, 6.07) is 25.8. The monoisotopic (exact) mass is 467 g/mol. The van der Waals surface area contributed by atoms with Crippen LogP contribution in [0.3, 0.4) is 0 Å². The molecule has 2 heterocycles. The van der Waals surface area contributed by atoms with E-state index in [1.54, 1.807) is 7.11 Å². The van der Waals surface area contributed by atoms with E-state index < -0.39 is 0 Å². The second kappa shape index (κ2) is 10.0. The largest absolute Gasteiger partial charge is 0.497 e. The zero-order chi connectivity index (χ0) is 24.2. The first-order chi connectivity index (χ1) is 17.1. The lowest BCUT2D eigenvalue weighted by Crippen LogP contribution is -2.47. The Kier molecular flexibility index (Phi) is 6.48. The summed E-state index contributed by atoms with van der Waals surface area (Å²) in [6.07, 6.45) is 0. The lowest BCUT2D eigenvalue weighted by Gasteiger charge is -2.37. The highest BCUT2D eigenvalue weighted by Gasteiger charge is 2.23. The smallest absolute Gasteiger partial charge is 0.272 e. The number of hydrogen-bond donors (Lipinski definition) is 1. The van der Waals surface area contributed by atoms with E-state index in [9.17, 15) is 4.79 Å². The van der Waals surface area contributed by atoms with Gasteiger partial charge in [0.1, 0.15) is 5.75 Å². The number of anilines is 2. The third-order valence-corrected chi connectivity index (χ3v) is 6.53. The van der Waals surface area contributed by atoms with Gasteiger partial charge in [-0.3, -0.25) is 4.79 Å². The SMILES string of the molecule is COc1cccc(N2CCN(c3nnc(C(=O)N[C@H](C)c4ccccc4)c4ccccc34)CC2)c1. The molecule has 1 N–H and O–H groups in total. The highest BCUT2D eigenvalue weighted by atomic mass is 16.5. The summed E-state index contributed by atoms with van der Waals surface area (Å²) in [5.41, 5.74) is 2.55. The van der Waals surface area contributed by atoms with Crippen LogP contribution in [-0.4, -0.2) is 49.4 Å². The van der Waals surface area contributed by atoms with E-state index in [4.69, 9.17) is 4.74 Å². The molecule has 1 saturated heterocycles. The fourth-order valence-electron chi connectivity index (χ4n) is 4.56. The van der Waals surface area contributed by atoms with Crippen LogP contribution in [0.15, 0.2) is 78.9 Å². The fourth-order valence-corrected chi connectivity index (χ4v) is 4.56. The van der Waals surface area contributed by atoms with Crippen LogP contribution in [0, 0.1) is 0 Å². The van der Waals surface area contributed by atoms with Crippen LogP contribution in [0.1, 0.15) is 29.0 Å². The molecular formula is C28H29N5O2. The quantitative estimate of drug-likeness (QED) is 0.452. The molecule has 7 heteroatoms. The number of fused-ring (bicyclic) bond motifs is 1. The van der Waals surface area contributed by atoms with Crippen molar-refractivity contribution in [2.45, 2.75) is 13.0 Å². The number of methoxy groups -OCH3 is 1. The Balaban J connectivity index is 1.35. The van der Waals surface area contributed by atoms with Crippen LogP contribution in [0.25, 0.3) is 10.8 Å². The second-order valence-corrected chi connectivity index (χ2v) is 8.70. The average molecular weight is 468 g/mol. The van der Waals surface area contributed by atoms with E-state index in [1.807, 2.05) is 73.7 Å². The van der Waals surface area contributed by atoms with Crippen molar-refractivity contribution in [3.63, 3.8) is 0 Å². The predicted molar refractivity (Wildman–Crippen MR) is 139 cm³/mol. The van der Waals surface area contributed by atoms with Gasteiger partial charge in [0, 0.05) is 48.7 Å². The van der Waals surface area contributed by atoms with E-state index in [0.717, 1.165) is 59.8 Å². The molecule has 35 heavy (non-hydrogen) atoms. The minimum atomic E-state index is -0.223. The van der Waals surface area contributed by atoms with Gasteiger partial charge in [-0.1, -0.05) is 60.7 Å². The first-order valence-corrected chi connectivity index (χ1v) is 11.9. The Morgan fingerprint density at radius 3 is 2.29 bits per heavy atom. The highest BCUT2D eigenvalue weighted by molar-refractivity contribution is 6.07. The van der Waals surface area contributed by atoms with Gasteiger partial charge in [-0.2, -0.15) is 0 Å². The van der Waals surface area contributed by atoms with Crippen molar-refractivity contribution >= 4 is 28.2 Å². The van der Waals surface area contributed by atoms with Crippen LogP contribution in [0.5, 0.6) is 5.75 Å². The van der Waals surface area contributed by atoms with Gasteiger partial charge < -0.3 is 19.9 Å². The minimum absolute atomic E-state index is 0.131. The van der Waals surface area contributed by atoms with Crippen LogP contribution >= 0.6 is 0 Å². The molecule has 0 bridgehead atoms. The molecule has 0 spiro atoms. The Bertz CT molecular complexity index is 1320. The van der Waals surface area contributed by atoms with Crippen LogP contribution < -0.4 is 19.9 Å². The topological polar surface area (TPSA) is 70.6 Å². The Hall–Kier alpha value is -4.13. The van der Waals surface area contributed by atoms with Crippen molar-refractivity contribution in [2.24, 2.45) is 0 Å². The second-order valence-electron chi connectivity index (χ2n) is 8.70. The number of nitrogens with zero attached hydrogens (tertiary/aromatic N) is 4. The molecule has 1 atom stereocenters. The first kappa shape index (κ1) is 22.7. The van der Waals surface area contributed by atoms with Gasteiger partial charge in [0.15, 0.2) is 11.5 Å². The number of nitrogens with one attached hydrogen (secondary N) is 1. The molecular weight excluding hydrogens is 438 g/mol. The number of ether oxygens (including phenoxy) is 1. The van der Waals surface area contributed by atoms with Gasteiger partial charge in [0.25, 0.3) is 5.91 Å². The summed E-state index contributed by atoms with van der Waals surface area (Å²) in [5.74, 6) is 1.45. The van der Waals surface area contributed by atoms with Gasteiger partial charge in [0.05, 0.1) is 13.2 Å². The van der Waals surface area contributed by atoms with E-state index in [-0.39, 0.29) is 11.9 Å². The standard InChI is InChI=1S/C28H29N5O2/c1-20(21-9-4-3-5-10-21)29-28(34)26-24-13-6-7-14-25(24)27(31-30-26)33-17-15-32(16-18-33)22-11-8-12-23(19-22)35-2/h3-14,19-20H,15-18H2,1-2H3,(H,29,34)/t20-/m1/s1. The van der Waals surface area contributed by atoms with Crippen molar-refractivity contribution in [3.8, 4) is 5.75 Å². The number of amides is 1. The molecule has 7 nitrogen and oxygen atoms in total. The van der Waals surface area contributed by atoms with Crippen molar-refractivity contribution in [1.29, 1.82) is 0 Å². The molecule has 1 aliphatic rings. The Labute approximate surface area is 205 Å². The van der Waals surface area contributed by atoms with Crippen molar-refractivity contribution in [3.05, 3.63) is 90.1 Å². The number of carbonyl (C=O) groups excluding carboxylic acids is 1. The first-order valence-electron chi connectivity index (χ1n) is 11.9. The maximum Gasteiger partial charge on any atom is 0.272 e.